The number of ether oxygens (including phenoxy) is 1. The van der Waals surface area contributed by atoms with E-state index in [-0.39, 0.29) is 16.8 Å². The van der Waals surface area contributed by atoms with Gasteiger partial charge in [-0.1, -0.05) is 11.6 Å². The number of nitrogens with zero attached hydrogens (tertiary/aromatic N) is 1. The molecule has 1 unspecified atom stereocenters. The molecule has 0 spiro atoms. The predicted octanol–water partition coefficient (Wildman–Crippen LogP) is 0.460. The van der Waals surface area contributed by atoms with E-state index in [1.807, 2.05) is 0 Å². The summed E-state index contributed by atoms with van der Waals surface area (Å²) in [5, 5.41) is 0.111. The van der Waals surface area contributed by atoms with Gasteiger partial charge in [-0.3, -0.25) is 14.3 Å². The van der Waals surface area contributed by atoms with Crippen molar-refractivity contribution >= 4 is 11.6 Å². The Morgan fingerprint density at radius 1 is 1.53 bits per heavy atom. The van der Waals surface area contributed by atoms with E-state index in [9.17, 15) is 9.59 Å². The Bertz CT molecular complexity index is 485. The van der Waals surface area contributed by atoms with Gasteiger partial charge in [-0.05, 0) is 13.3 Å². The van der Waals surface area contributed by atoms with Crippen LogP contribution in [0.25, 0.3) is 0 Å². The summed E-state index contributed by atoms with van der Waals surface area (Å²) in [5.74, 6) is 0. The molecule has 1 aliphatic rings. The molecule has 1 aromatic heterocycles. The third kappa shape index (κ3) is 1.72. The fourth-order valence-electron chi connectivity index (χ4n) is 1.67. The smallest absolute Gasteiger partial charge is 0.329 e. The first-order chi connectivity index (χ1) is 7.11. The maximum absolute atomic E-state index is 11.8. The van der Waals surface area contributed by atoms with Crippen molar-refractivity contribution in [1.82, 2.24) is 9.55 Å². The van der Waals surface area contributed by atoms with Gasteiger partial charge in [0.25, 0.3) is 5.56 Å². The van der Waals surface area contributed by atoms with Crippen LogP contribution >= 0.6 is 11.6 Å². The Morgan fingerprint density at radius 3 is 2.87 bits per heavy atom. The van der Waals surface area contributed by atoms with Crippen LogP contribution in [-0.4, -0.2) is 22.8 Å². The zero-order valence-corrected chi connectivity index (χ0v) is 9.00. The number of nitrogens with one attached hydrogen (secondary N) is 1. The van der Waals surface area contributed by atoms with Crippen molar-refractivity contribution in [3.63, 3.8) is 0 Å². The quantitative estimate of drug-likeness (QED) is 0.713. The van der Waals surface area contributed by atoms with Gasteiger partial charge in [0.2, 0.25) is 0 Å². The van der Waals surface area contributed by atoms with Gasteiger partial charge < -0.3 is 4.74 Å². The van der Waals surface area contributed by atoms with E-state index in [0.29, 0.717) is 25.2 Å². The molecule has 1 atom stereocenters. The van der Waals surface area contributed by atoms with Gasteiger partial charge in [0.1, 0.15) is 5.15 Å². The van der Waals surface area contributed by atoms with Crippen molar-refractivity contribution in [1.29, 1.82) is 0 Å². The summed E-state index contributed by atoms with van der Waals surface area (Å²) in [4.78, 5) is 25.8. The van der Waals surface area contributed by atoms with Gasteiger partial charge in [0.05, 0.1) is 12.6 Å². The molecule has 2 heterocycles. The summed E-state index contributed by atoms with van der Waals surface area (Å²) in [6, 6.07) is -0.169. The molecule has 1 N–H and O–H groups in total. The molecule has 2 rings (SSSR count). The molecule has 0 saturated carbocycles. The number of hydrogen-bond donors (Lipinski definition) is 1. The Morgan fingerprint density at radius 2 is 2.27 bits per heavy atom. The lowest BCUT2D eigenvalue weighted by Crippen LogP contribution is -2.39. The van der Waals surface area contributed by atoms with E-state index >= 15 is 0 Å². The molecule has 1 saturated heterocycles. The van der Waals surface area contributed by atoms with E-state index in [1.165, 1.54) is 4.57 Å². The van der Waals surface area contributed by atoms with E-state index < -0.39 is 5.69 Å². The van der Waals surface area contributed by atoms with Crippen LogP contribution in [0, 0.1) is 6.92 Å². The van der Waals surface area contributed by atoms with Gasteiger partial charge in [-0.15, -0.1) is 0 Å². The molecule has 82 valence electrons. The fourth-order valence-corrected chi connectivity index (χ4v) is 1.83. The van der Waals surface area contributed by atoms with Gasteiger partial charge >= 0.3 is 5.69 Å². The first-order valence-electron chi connectivity index (χ1n) is 4.70. The predicted molar refractivity (Wildman–Crippen MR) is 55.5 cm³/mol. The lowest BCUT2D eigenvalue weighted by Gasteiger charge is -2.11. The summed E-state index contributed by atoms with van der Waals surface area (Å²) >= 11 is 5.70. The van der Waals surface area contributed by atoms with Crippen molar-refractivity contribution < 1.29 is 4.74 Å². The number of H-pyrrole nitrogens is 1. The van der Waals surface area contributed by atoms with Crippen LogP contribution in [0.5, 0.6) is 0 Å². The topological polar surface area (TPSA) is 64.1 Å². The molecule has 5 nitrogen and oxygen atoms in total. The summed E-state index contributed by atoms with van der Waals surface area (Å²) in [6.45, 7) is 2.58. The molecule has 6 heteroatoms. The minimum atomic E-state index is -0.467. The first kappa shape index (κ1) is 10.4. The van der Waals surface area contributed by atoms with Crippen molar-refractivity contribution in [2.75, 3.05) is 13.2 Å². The van der Waals surface area contributed by atoms with E-state index in [4.69, 9.17) is 16.3 Å². The van der Waals surface area contributed by atoms with E-state index in [0.717, 1.165) is 0 Å². The molecule has 1 aliphatic heterocycles. The van der Waals surface area contributed by atoms with Crippen molar-refractivity contribution in [3.8, 4) is 0 Å². The third-order valence-electron chi connectivity index (χ3n) is 2.58. The van der Waals surface area contributed by atoms with Gasteiger partial charge in [-0.2, -0.15) is 0 Å². The maximum Gasteiger partial charge on any atom is 0.329 e. The lowest BCUT2D eigenvalue weighted by molar-refractivity contribution is 0.185. The summed E-state index contributed by atoms with van der Waals surface area (Å²) in [6.07, 6.45) is 0.685. The summed E-state index contributed by atoms with van der Waals surface area (Å²) in [7, 11) is 0. The minimum absolute atomic E-state index is 0.111. The number of aromatic nitrogens is 2. The summed E-state index contributed by atoms with van der Waals surface area (Å²) < 4.78 is 6.33. The van der Waals surface area contributed by atoms with Crippen molar-refractivity contribution in [2.45, 2.75) is 19.4 Å². The second kappa shape index (κ2) is 3.83. The fraction of sp³-hybridized carbons (Fsp3) is 0.556. The van der Waals surface area contributed by atoms with Crippen LogP contribution in [0.3, 0.4) is 0 Å². The van der Waals surface area contributed by atoms with Crippen LogP contribution in [0.15, 0.2) is 9.59 Å². The average molecular weight is 231 g/mol. The van der Waals surface area contributed by atoms with Crippen molar-refractivity contribution in [3.05, 3.63) is 31.6 Å². The molecule has 0 amide bonds. The number of rotatable bonds is 1. The highest BCUT2D eigenvalue weighted by Crippen LogP contribution is 2.15. The molecule has 1 fully saturated rings. The second-order valence-corrected chi connectivity index (χ2v) is 3.94. The van der Waals surface area contributed by atoms with Crippen LogP contribution in [-0.2, 0) is 4.74 Å². The Kier molecular flexibility index (Phi) is 2.67. The van der Waals surface area contributed by atoms with Gasteiger partial charge in [0.15, 0.2) is 0 Å². The first-order valence-corrected chi connectivity index (χ1v) is 5.07. The van der Waals surface area contributed by atoms with E-state index in [2.05, 4.69) is 4.98 Å². The SMILES string of the molecule is Cc1c(Cl)[nH]c(=O)n(C2CCOC2)c1=O. The van der Waals surface area contributed by atoms with Crippen LogP contribution in [0.4, 0.5) is 0 Å². The van der Waals surface area contributed by atoms with Gasteiger partial charge in [0, 0.05) is 12.2 Å². The van der Waals surface area contributed by atoms with Crippen LogP contribution < -0.4 is 11.2 Å². The Labute approximate surface area is 90.6 Å². The molecule has 0 aliphatic carbocycles. The average Bonchev–Trinajstić information content (AvgIpc) is 2.68. The van der Waals surface area contributed by atoms with Gasteiger partial charge in [-0.25, -0.2) is 4.79 Å². The van der Waals surface area contributed by atoms with Crippen LogP contribution in [0.2, 0.25) is 5.15 Å². The lowest BCUT2D eigenvalue weighted by atomic mass is 10.2. The molecule has 0 aromatic carbocycles. The maximum atomic E-state index is 11.8. The largest absolute Gasteiger partial charge is 0.379 e. The third-order valence-corrected chi connectivity index (χ3v) is 2.95. The molecular weight excluding hydrogens is 220 g/mol. The monoisotopic (exact) mass is 230 g/mol. The highest BCUT2D eigenvalue weighted by molar-refractivity contribution is 6.30. The zero-order valence-electron chi connectivity index (χ0n) is 8.25. The zero-order chi connectivity index (χ0) is 11.0. The number of hydrogen-bond acceptors (Lipinski definition) is 3. The normalized spacial score (nSPS) is 20.8. The van der Waals surface area contributed by atoms with E-state index in [1.54, 1.807) is 6.92 Å². The Hall–Kier alpha value is -1.07. The Balaban J connectivity index is 2.60. The molecular formula is C9H11ClN2O3. The minimum Gasteiger partial charge on any atom is -0.379 e. The highest BCUT2D eigenvalue weighted by Gasteiger charge is 2.22. The molecule has 0 bridgehead atoms. The number of halogens is 1. The molecule has 1 aromatic rings. The molecule has 15 heavy (non-hydrogen) atoms. The molecule has 0 radical (unpaired) electrons. The standard InChI is InChI=1S/C9H11ClN2O3/c1-5-7(10)11-9(14)12(8(5)13)6-2-3-15-4-6/h6H,2-4H2,1H3,(H,11,14). The second-order valence-electron chi connectivity index (χ2n) is 3.56. The number of aromatic amines is 1. The summed E-state index contributed by atoms with van der Waals surface area (Å²) in [5.41, 5.74) is -0.437. The highest BCUT2D eigenvalue weighted by atomic mass is 35.5. The van der Waals surface area contributed by atoms with Crippen LogP contribution in [0.1, 0.15) is 18.0 Å². The van der Waals surface area contributed by atoms with Crippen molar-refractivity contribution in [2.24, 2.45) is 0 Å².